The van der Waals surface area contributed by atoms with Gasteiger partial charge in [-0.05, 0) is 23.7 Å². The van der Waals surface area contributed by atoms with Crippen molar-refractivity contribution in [1.29, 1.82) is 0 Å². The lowest BCUT2D eigenvalue weighted by atomic mass is 10.2. The van der Waals surface area contributed by atoms with Crippen LogP contribution < -0.4 is 0 Å². The highest BCUT2D eigenvalue weighted by Gasteiger charge is 2.35. The molecule has 1 N–H and O–H groups in total. The van der Waals surface area contributed by atoms with E-state index in [1.807, 2.05) is 0 Å². The highest BCUT2D eigenvalue weighted by molar-refractivity contribution is 6.76. The summed E-state index contributed by atoms with van der Waals surface area (Å²) in [5, 5.41) is 9.44. The third-order valence-corrected chi connectivity index (χ3v) is 5.18. The Balaban J connectivity index is 2.28. The first-order valence-electron chi connectivity index (χ1n) is 7.36. The van der Waals surface area contributed by atoms with Crippen molar-refractivity contribution >= 4 is 19.1 Å². The number of hydrogen-bond donors (Lipinski definition) is 1. The fraction of sp³-hybridized carbons (Fsp3) is 0.533. The number of halogens is 3. The number of aliphatic hydroxyl groups excluding tert-OH is 1. The Hall–Kier alpha value is -1.38. The summed E-state index contributed by atoms with van der Waals surface area (Å²) in [6.45, 7) is 6.53. The number of alkyl halides is 3. The summed E-state index contributed by atoms with van der Waals surface area (Å²) in [6, 6.07) is 3.44. The molecule has 2 rings (SSSR count). The van der Waals surface area contributed by atoms with Gasteiger partial charge in [0, 0.05) is 26.3 Å². The Morgan fingerprint density at radius 2 is 1.96 bits per heavy atom. The first-order chi connectivity index (χ1) is 10.6. The average Bonchev–Trinajstić information content (AvgIpc) is 2.80. The Morgan fingerprint density at radius 3 is 2.52 bits per heavy atom. The molecule has 0 aliphatic rings. The number of fused-ring (bicyclic) bond motifs is 1. The van der Waals surface area contributed by atoms with E-state index in [0.29, 0.717) is 17.6 Å². The number of aromatic nitrogens is 2. The predicted octanol–water partition coefficient (Wildman–Crippen LogP) is 3.86. The summed E-state index contributed by atoms with van der Waals surface area (Å²) in [6.07, 6.45) is -3.11. The lowest BCUT2D eigenvalue weighted by molar-refractivity contribution is -0.145. The number of nitrogens with zero attached hydrogens (tertiary/aromatic N) is 2. The van der Waals surface area contributed by atoms with Gasteiger partial charge >= 0.3 is 6.18 Å². The zero-order valence-corrected chi connectivity index (χ0v) is 14.4. The second kappa shape index (κ2) is 6.62. The zero-order chi connectivity index (χ0) is 17.3. The van der Waals surface area contributed by atoms with Gasteiger partial charge in [-0.25, -0.2) is 4.98 Å². The van der Waals surface area contributed by atoms with Gasteiger partial charge in [-0.2, -0.15) is 13.2 Å². The van der Waals surface area contributed by atoms with Gasteiger partial charge in [-0.1, -0.05) is 19.6 Å². The Kier molecular flexibility index (Phi) is 5.17. The van der Waals surface area contributed by atoms with Crippen molar-refractivity contribution < 1.29 is 23.0 Å². The summed E-state index contributed by atoms with van der Waals surface area (Å²) in [5.41, 5.74) is -0.103. The van der Waals surface area contributed by atoms with Gasteiger partial charge in [-0.15, -0.1) is 0 Å². The molecule has 0 unspecified atom stereocenters. The molecule has 0 fully saturated rings. The standard InChI is InChI=1S/C15H21F3N2O2Si/c1-23(2,3)5-4-22-10-20-13(15(16,17)18)7-12-6-11(9-21)8-19-14(12)20/h6-8,21H,4-5,9-10H2,1-3H3. The van der Waals surface area contributed by atoms with Gasteiger partial charge in [0.25, 0.3) is 0 Å². The van der Waals surface area contributed by atoms with Gasteiger partial charge in [0.1, 0.15) is 18.1 Å². The minimum Gasteiger partial charge on any atom is -0.392 e. The Labute approximate surface area is 133 Å². The van der Waals surface area contributed by atoms with Crippen LogP contribution in [-0.2, 0) is 24.3 Å². The summed E-state index contributed by atoms with van der Waals surface area (Å²) >= 11 is 0. The summed E-state index contributed by atoms with van der Waals surface area (Å²) in [5.74, 6) is 0. The number of aliphatic hydroxyl groups is 1. The summed E-state index contributed by atoms with van der Waals surface area (Å²) in [7, 11) is -1.30. The second-order valence-corrected chi connectivity index (χ2v) is 12.3. The average molecular weight is 346 g/mol. The molecule has 128 valence electrons. The van der Waals surface area contributed by atoms with E-state index in [2.05, 4.69) is 24.6 Å². The third-order valence-electron chi connectivity index (χ3n) is 3.48. The van der Waals surface area contributed by atoms with Crippen LogP contribution in [0.1, 0.15) is 11.3 Å². The molecule has 0 aliphatic carbocycles. The van der Waals surface area contributed by atoms with Crippen LogP contribution in [-0.4, -0.2) is 29.3 Å². The van der Waals surface area contributed by atoms with E-state index in [1.165, 1.54) is 12.3 Å². The van der Waals surface area contributed by atoms with E-state index in [1.54, 1.807) is 0 Å². The molecule has 0 bridgehead atoms. The number of hydrogen-bond acceptors (Lipinski definition) is 3. The molecule has 8 heteroatoms. The lowest BCUT2D eigenvalue weighted by Gasteiger charge is -2.17. The topological polar surface area (TPSA) is 47.3 Å². The van der Waals surface area contributed by atoms with Gasteiger partial charge < -0.3 is 9.84 Å². The molecule has 2 heterocycles. The molecule has 23 heavy (non-hydrogen) atoms. The zero-order valence-electron chi connectivity index (χ0n) is 13.4. The molecule has 0 radical (unpaired) electrons. The highest BCUT2D eigenvalue weighted by atomic mass is 28.3. The van der Waals surface area contributed by atoms with Crippen LogP contribution in [0.25, 0.3) is 11.0 Å². The molecule has 2 aromatic rings. The van der Waals surface area contributed by atoms with Crippen LogP contribution in [0.4, 0.5) is 13.2 Å². The van der Waals surface area contributed by atoms with E-state index in [4.69, 9.17) is 9.84 Å². The lowest BCUT2D eigenvalue weighted by Crippen LogP contribution is -2.22. The van der Waals surface area contributed by atoms with Crippen LogP contribution in [0.2, 0.25) is 25.7 Å². The van der Waals surface area contributed by atoms with Crippen LogP contribution in [0.15, 0.2) is 18.3 Å². The molecule has 0 aliphatic heterocycles. The van der Waals surface area contributed by atoms with Crippen LogP contribution in [0.5, 0.6) is 0 Å². The molecule has 0 saturated carbocycles. The second-order valence-electron chi connectivity index (χ2n) is 6.72. The van der Waals surface area contributed by atoms with E-state index >= 15 is 0 Å². The molecule has 2 aromatic heterocycles. The van der Waals surface area contributed by atoms with E-state index in [0.717, 1.165) is 16.7 Å². The van der Waals surface area contributed by atoms with Crippen molar-refractivity contribution in [3.63, 3.8) is 0 Å². The molecular weight excluding hydrogens is 325 g/mol. The van der Waals surface area contributed by atoms with E-state index < -0.39 is 19.9 Å². The van der Waals surface area contributed by atoms with Crippen molar-refractivity contribution in [2.45, 2.75) is 45.2 Å². The minimum absolute atomic E-state index is 0.186. The van der Waals surface area contributed by atoms with Crippen molar-refractivity contribution in [1.82, 2.24) is 9.55 Å². The van der Waals surface area contributed by atoms with Crippen molar-refractivity contribution in [3.8, 4) is 0 Å². The Bertz CT molecular complexity index is 678. The summed E-state index contributed by atoms with van der Waals surface area (Å²) < 4.78 is 46.2. The number of rotatable bonds is 6. The van der Waals surface area contributed by atoms with Crippen molar-refractivity contribution in [3.05, 3.63) is 29.6 Å². The highest BCUT2D eigenvalue weighted by Crippen LogP contribution is 2.33. The molecule has 0 saturated heterocycles. The predicted molar refractivity (Wildman–Crippen MR) is 84.8 cm³/mol. The maximum atomic E-state index is 13.2. The minimum atomic E-state index is -4.48. The van der Waals surface area contributed by atoms with Crippen LogP contribution in [0, 0.1) is 0 Å². The largest absolute Gasteiger partial charge is 0.431 e. The Morgan fingerprint density at radius 1 is 1.26 bits per heavy atom. The smallest absolute Gasteiger partial charge is 0.392 e. The maximum Gasteiger partial charge on any atom is 0.431 e. The van der Waals surface area contributed by atoms with Gasteiger partial charge in [-0.3, -0.25) is 4.57 Å². The van der Waals surface area contributed by atoms with E-state index in [-0.39, 0.29) is 19.0 Å². The molecule has 0 spiro atoms. The molecule has 4 nitrogen and oxygen atoms in total. The van der Waals surface area contributed by atoms with E-state index in [9.17, 15) is 13.2 Å². The first kappa shape index (κ1) is 18.0. The fourth-order valence-corrected chi connectivity index (χ4v) is 2.93. The molecule has 0 amide bonds. The quantitative estimate of drug-likeness (QED) is 0.638. The first-order valence-corrected chi connectivity index (χ1v) is 11.1. The number of pyridine rings is 1. The monoisotopic (exact) mass is 346 g/mol. The van der Waals surface area contributed by atoms with Gasteiger partial charge in [0.05, 0.1) is 6.61 Å². The summed E-state index contributed by atoms with van der Waals surface area (Å²) in [4.78, 5) is 4.05. The maximum absolute atomic E-state index is 13.2. The third kappa shape index (κ3) is 4.55. The normalized spacial score (nSPS) is 13.0. The van der Waals surface area contributed by atoms with Gasteiger partial charge in [0.15, 0.2) is 0 Å². The molecular formula is C15H21F3N2O2Si. The fourth-order valence-electron chi connectivity index (χ4n) is 2.18. The number of ether oxygens (including phenoxy) is 1. The van der Waals surface area contributed by atoms with Gasteiger partial charge in [0.2, 0.25) is 0 Å². The molecule has 0 atom stereocenters. The molecule has 0 aromatic carbocycles. The van der Waals surface area contributed by atoms with Crippen molar-refractivity contribution in [2.75, 3.05) is 6.61 Å². The SMILES string of the molecule is C[Si](C)(C)CCOCn1c(C(F)(F)F)cc2cc(CO)cnc21. The van der Waals surface area contributed by atoms with Crippen LogP contribution >= 0.6 is 0 Å². The van der Waals surface area contributed by atoms with Crippen molar-refractivity contribution in [2.24, 2.45) is 0 Å². The van der Waals surface area contributed by atoms with Crippen LogP contribution in [0.3, 0.4) is 0 Å².